The Hall–Kier alpha value is -4.18. The molecule has 4 aromatic heterocycles. The maximum atomic E-state index is 12.1. The Morgan fingerprint density at radius 1 is 0.453 bits per heavy atom. The first-order valence-electron chi connectivity index (χ1n) is 14.5. The third-order valence-electron chi connectivity index (χ3n) is 6.77. The van der Waals surface area contributed by atoms with Crippen LogP contribution in [-0.4, -0.2) is 27.0 Å². The van der Waals surface area contributed by atoms with Crippen molar-refractivity contribution in [1.82, 2.24) is 19.9 Å². The zero-order valence-electron chi connectivity index (χ0n) is 28.7. The van der Waals surface area contributed by atoms with Gasteiger partial charge in [-0.2, -0.15) is 12.4 Å². The summed E-state index contributed by atoms with van der Waals surface area (Å²) in [6.45, 7) is 9.46. The fourth-order valence-corrected chi connectivity index (χ4v) is 4.51. The summed E-state index contributed by atoms with van der Waals surface area (Å²) in [4.78, 5) is 18.3. The van der Waals surface area contributed by atoms with Crippen molar-refractivity contribution >= 4 is 43.6 Å². The van der Waals surface area contributed by atoms with Gasteiger partial charge in [-0.1, -0.05) is 48.5 Å². The molecule has 0 unspecified atom stereocenters. The summed E-state index contributed by atoms with van der Waals surface area (Å²) in [6, 6.07) is 26.7. The van der Waals surface area contributed by atoms with Crippen LogP contribution in [0.3, 0.4) is 0 Å². The summed E-state index contributed by atoms with van der Waals surface area (Å²) < 4.78 is 60.4. The number of rotatable bonds is 0. The minimum Gasteiger partial charge on any atom is -1.00 e. The minimum absolute atomic E-state index is 0. The van der Waals surface area contributed by atoms with Crippen LogP contribution >= 0.6 is 0 Å². The molecule has 0 fully saturated rings. The van der Waals surface area contributed by atoms with Crippen LogP contribution in [0.15, 0.2) is 72.8 Å². The molecule has 0 saturated carbocycles. The average Bonchev–Trinajstić information content (AvgIpc) is 3.10. The number of nitrogens with zero attached hydrogens (tertiary/aromatic N) is 5. The molecule has 3 aromatic carbocycles. The molecule has 0 atom stereocenters. The van der Waals surface area contributed by atoms with Gasteiger partial charge in [0.25, 0.3) is 0 Å². The van der Waals surface area contributed by atoms with Crippen molar-refractivity contribution in [2.75, 3.05) is 7.11 Å². The number of aromatic nitrogens is 4. The second kappa shape index (κ2) is 23.5. The second-order valence-electron chi connectivity index (χ2n) is 10.4. The molecule has 0 aliphatic carbocycles. The molecule has 2 radical (unpaired) electrons. The number of halogens is 7. The summed E-state index contributed by atoms with van der Waals surface area (Å²) in [5.74, 6) is -13.6. The largest absolute Gasteiger partial charge is 2.00 e. The summed E-state index contributed by atoms with van der Waals surface area (Å²) in [6.07, 6.45) is 0. The molecular formula is C37H30Cl2Cu2F5N5O2. The molecule has 7 aromatic rings. The quantitative estimate of drug-likeness (QED) is 0.0750. The van der Waals surface area contributed by atoms with E-state index in [4.69, 9.17) is 10.4 Å². The smallest absolute Gasteiger partial charge is 1.00 e. The van der Waals surface area contributed by atoms with Gasteiger partial charge in [0.05, 0.1) is 28.1 Å². The van der Waals surface area contributed by atoms with Crippen molar-refractivity contribution in [1.29, 1.82) is 5.26 Å². The third kappa shape index (κ3) is 12.4. The van der Waals surface area contributed by atoms with Crippen molar-refractivity contribution < 1.29 is 91.1 Å². The molecule has 0 N–H and O–H groups in total. The van der Waals surface area contributed by atoms with E-state index in [9.17, 15) is 27.1 Å². The molecule has 0 amide bonds. The molecule has 0 spiro atoms. The normalized spacial score (nSPS) is 9.34. The van der Waals surface area contributed by atoms with E-state index in [2.05, 4.69) is 68.5 Å². The predicted octanol–water partition coefficient (Wildman–Crippen LogP) is 1.76. The fraction of sp³-hybridized carbons (Fsp3) is 0.162. The SMILES string of the molecule is CC#N.C[O-].Cc1ccc2ccc3ccc(C)nc3c2n1.Cc1ccc2ccc3ccc(C)nc3c2n1.[Cl-].[Cl-].[Cu+2].[Cu+2].[O-]c1c(F)c(F)c(F)c(F)c1F. The molecule has 0 bridgehead atoms. The van der Waals surface area contributed by atoms with Gasteiger partial charge in [0.1, 0.15) is 0 Å². The maximum Gasteiger partial charge on any atom is 2.00 e. The molecular weight excluding hydrogens is 839 g/mol. The molecule has 0 aliphatic heterocycles. The number of hydrogen-bond acceptors (Lipinski definition) is 7. The average molecular weight is 870 g/mol. The van der Waals surface area contributed by atoms with Gasteiger partial charge in [-0.05, 0) is 57.7 Å². The van der Waals surface area contributed by atoms with Crippen molar-refractivity contribution in [2.45, 2.75) is 34.6 Å². The first kappa shape index (κ1) is 50.9. The van der Waals surface area contributed by atoms with E-state index in [1.54, 1.807) is 6.07 Å². The number of benzene rings is 3. The Morgan fingerprint density at radius 3 is 0.830 bits per heavy atom. The maximum absolute atomic E-state index is 12.1. The first-order chi connectivity index (χ1) is 23.4. The van der Waals surface area contributed by atoms with E-state index in [1.807, 2.05) is 52.0 Å². The van der Waals surface area contributed by atoms with Crippen molar-refractivity contribution in [3.05, 3.63) is 125 Å². The van der Waals surface area contributed by atoms with Crippen LogP contribution in [0.2, 0.25) is 0 Å². The van der Waals surface area contributed by atoms with Crippen LogP contribution < -0.4 is 35.0 Å². The summed E-state index contributed by atoms with van der Waals surface area (Å²) in [7, 11) is 0.750. The van der Waals surface area contributed by atoms with E-state index in [0.717, 1.165) is 73.5 Å². The number of hydrogen-bond donors (Lipinski definition) is 0. The zero-order valence-corrected chi connectivity index (χ0v) is 32.1. The van der Waals surface area contributed by atoms with Gasteiger partial charge in [0, 0.05) is 51.2 Å². The predicted molar refractivity (Wildman–Crippen MR) is 176 cm³/mol. The van der Waals surface area contributed by atoms with E-state index in [-0.39, 0.29) is 59.0 Å². The summed E-state index contributed by atoms with van der Waals surface area (Å²) >= 11 is 0. The van der Waals surface area contributed by atoms with Crippen molar-refractivity contribution in [2.24, 2.45) is 0 Å². The molecule has 16 heteroatoms. The summed E-state index contributed by atoms with van der Waals surface area (Å²) in [5, 5.41) is 30.3. The number of aryl methyl sites for hydroxylation is 4. The Balaban J connectivity index is 0. The van der Waals surface area contributed by atoms with Crippen molar-refractivity contribution in [3.63, 3.8) is 0 Å². The van der Waals surface area contributed by atoms with Gasteiger partial charge in [-0.25, -0.2) is 22.0 Å². The number of fused-ring (bicyclic) bond motifs is 6. The monoisotopic (exact) mass is 867 g/mol. The van der Waals surface area contributed by atoms with Crippen LogP contribution in [0.5, 0.6) is 5.75 Å². The standard InChI is InChI=1S/2C14H12N2.C6HF5O.C2H3N.CH3O.2ClH.2Cu/c2*1-9-3-5-11-7-8-12-6-4-10(2)16-14(12)13(11)15-9;7-1-2(8)4(10)6(12)5(11)3(1)9;1-2-3;1-2;;;;/h2*3-8H,1-2H3;12H;1H3;1H3;2*1H;;/q;;;;-1;;;2*+2/p-3. The Kier molecular flexibility index (Phi) is 22.6. The Morgan fingerprint density at radius 2 is 0.623 bits per heavy atom. The van der Waals surface area contributed by atoms with E-state index >= 15 is 0 Å². The van der Waals surface area contributed by atoms with Crippen LogP contribution in [0, 0.1) is 68.1 Å². The zero-order chi connectivity index (χ0) is 36.4. The topological polar surface area (TPSA) is 121 Å². The molecule has 7 nitrogen and oxygen atoms in total. The molecule has 286 valence electrons. The Labute approximate surface area is 336 Å². The second-order valence-corrected chi connectivity index (χ2v) is 10.4. The van der Waals surface area contributed by atoms with Gasteiger partial charge in [-0.3, -0.25) is 19.9 Å². The summed E-state index contributed by atoms with van der Waals surface area (Å²) in [5.41, 5.74) is 8.13. The molecule has 7 rings (SSSR count). The molecule has 4 heterocycles. The third-order valence-corrected chi connectivity index (χ3v) is 6.77. The van der Waals surface area contributed by atoms with Crippen LogP contribution in [0.25, 0.3) is 43.6 Å². The Bertz CT molecular complexity index is 1980. The molecule has 53 heavy (non-hydrogen) atoms. The van der Waals surface area contributed by atoms with Crippen molar-refractivity contribution in [3.8, 4) is 11.8 Å². The van der Waals surface area contributed by atoms with Gasteiger partial charge >= 0.3 is 34.1 Å². The van der Waals surface area contributed by atoms with E-state index in [0.29, 0.717) is 0 Å². The fourth-order valence-electron chi connectivity index (χ4n) is 4.51. The van der Waals surface area contributed by atoms with Gasteiger partial charge in [0.15, 0.2) is 29.1 Å². The van der Waals surface area contributed by atoms with Gasteiger partial charge < -0.3 is 35.0 Å². The van der Waals surface area contributed by atoms with Crippen LogP contribution in [0.4, 0.5) is 22.0 Å². The van der Waals surface area contributed by atoms with Crippen LogP contribution in [0.1, 0.15) is 29.7 Å². The van der Waals surface area contributed by atoms with Crippen LogP contribution in [-0.2, 0) is 34.1 Å². The number of pyridine rings is 4. The van der Waals surface area contributed by atoms with Gasteiger partial charge in [-0.15, -0.1) is 0 Å². The molecule has 0 saturated heterocycles. The number of nitriles is 1. The van der Waals surface area contributed by atoms with Gasteiger partial charge in [0.2, 0.25) is 0 Å². The molecule has 0 aliphatic rings. The first-order valence-corrected chi connectivity index (χ1v) is 14.5. The van der Waals surface area contributed by atoms with E-state index < -0.39 is 34.8 Å². The van der Waals surface area contributed by atoms with E-state index in [1.165, 1.54) is 6.92 Å². The minimum atomic E-state index is -2.33.